The van der Waals surface area contributed by atoms with E-state index in [0.29, 0.717) is 0 Å². The van der Waals surface area contributed by atoms with E-state index in [2.05, 4.69) is 229 Å². The number of benzene rings is 10. The summed E-state index contributed by atoms with van der Waals surface area (Å²) in [5.74, 6) is 0. The van der Waals surface area contributed by atoms with Gasteiger partial charge in [0.2, 0.25) is 0 Å². The molecule has 0 aliphatic heterocycles. The molecule has 0 atom stereocenters. The van der Waals surface area contributed by atoms with Gasteiger partial charge in [-0.2, -0.15) is 0 Å². The minimum Gasteiger partial charge on any atom is -0.456 e. The first kappa shape index (κ1) is 35.2. The summed E-state index contributed by atoms with van der Waals surface area (Å²) >= 11 is 1.88. The maximum absolute atomic E-state index is 6.79. The molecule has 10 aromatic carbocycles. The van der Waals surface area contributed by atoms with Crippen molar-refractivity contribution in [2.75, 3.05) is 4.90 Å². The predicted molar refractivity (Wildman–Crippen MR) is 261 cm³/mol. The number of nitrogens with zero attached hydrogens (tertiary/aromatic N) is 1. The van der Waals surface area contributed by atoms with Crippen LogP contribution in [0.3, 0.4) is 0 Å². The minimum absolute atomic E-state index is 0.854. The Labute approximate surface area is 357 Å². The molecule has 0 unspecified atom stereocenters. The van der Waals surface area contributed by atoms with Crippen LogP contribution in [0.15, 0.2) is 229 Å². The average molecular weight is 796 g/mol. The Kier molecular flexibility index (Phi) is 8.39. The number of furan rings is 1. The zero-order valence-corrected chi connectivity index (χ0v) is 33.9. The summed E-state index contributed by atoms with van der Waals surface area (Å²) in [5, 5.41) is 7.05. The van der Waals surface area contributed by atoms with Crippen molar-refractivity contribution in [2.24, 2.45) is 0 Å². The lowest BCUT2D eigenvalue weighted by molar-refractivity contribution is 0.669. The molecule has 2 nitrogen and oxygen atoms in total. The van der Waals surface area contributed by atoms with Crippen molar-refractivity contribution in [2.45, 2.75) is 0 Å². The molecule has 0 saturated heterocycles. The van der Waals surface area contributed by atoms with Crippen molar-refractivity contribution < 1.29 is 4.42 Å². The van der Waals surface area contributed by atoms with Crippen LogP contribution >= 0.6 is 11.3 Å². The van der Waals surface area contributed by atoms with Gasteiger partial charge in [-0.3, -0.25) is 0 Å². The standard InChI is InChI=1S/C58H37NOS/c1-5-15-38(16-6-1)42-25-28-49-50-30-27-44(37-55(50)60-54(49)35-42)59(52-33-31-45(40-19-9-3-10-20-40)47-23-13-14-24-48(47)52)53-34-32-46(41-21-11-4-12-22-41)58-57(53)51-29-26-43(36-56(51)61-58)39-17-7-2-8-18-39/h1-37H. The second-order valence-electron chi connectivity index (χ2n) is 15.6. The Morgan fingerprint density at radius 1 is 0.328 bits per heavy atom. The molecular formula is C58H37NOS. The highest BCUT2D eigenvalue weighted by Gasteiger charge is 2.24. The molecule has 0 N–H and O–H groups in total. The van der Waals surface area contributed by atoms with Crippen LogP contribution in [0.5, 0.6) is 0 Å². The Morgan fingerprint density at radius 3 is 1.51 bits per heavy atom. The lowest BCUT2D eigenvalue weighted by Gasteiger charge is -2.29. The van der Waals surface area contributed by atoms with Crippen molar-refractivity contribution in [3.8, 4) is 44.5 Å². The molecule has 0 fully saturated rings. The fourth-order valence-electron chi connectivity index (χ4n) is 9.17. The Hall–Kier alpha value is -7.72. The molecule has 2 heterocycles. The molecule has 286 valence electrons. The number of hydrogen-bond acceptors (Lipinski definition) is 3. The molecule has 0 saturated carbocycles. The smallest absolute Gasteiger partial charge is 0.137 e. The molecule has 12 aromatic rings. The first-order valence-electron chi connectivity index (χ1n) is 20.7. The van der Waals surface area contributed by atoms with Crippen LogP contribution in [0.25, 0.3) is 97.4 Å². The van der Waals surface area contributed by atoms with Crippen molar-refractivity contribution in [1.29, 1.82) is 0 Å². The van der Waals surface area contributed by atoms with Crippen molar-refractivity contribution in [3.05, 3.63) is 224 Å². The van der Waals surface area contributed by atoms with Crippen LogP contribution in [0, 0.1) is 0 Å². The summed E-state index contributed by atoms with van der Waals surface area (Å²) in [6, 6.07) is 81.1. The zero-order valence-electron chi connectivity index (χ0n) is 33.1. The van der Waals surface area contributed by atoms with E-state index in [1.165, 1.54) is 69.9 Å². The third-order valence-corrected chi connectivity index (χ3v) is 13.3. The van der Waals surface area contributed by atoms with Gasteiger partial charge in [0.05, 0.1) is 11.4 Å². The maximum Gasteiger partial charge on any atom is 0.137 e. The summed E-state index contributed by atoms with van der Waals surface area (Å²) in [7, 11) is 0. The predicted octanol–water partition coefficient (Wildman–Crippen LogP) is 17.2. The van der Waals surface area contributed by atoms with Gasteiger partial charge >= 0.3 is 0 Å². The van der Waals surface area contributed by atoms with Gasteiger partial charge in [0.25, 0.3) is 0 Å². The normalized spacial score (nSPS) is 11.6. The van der Waals surface area contributed by atoms with Gasteiger partial charge in [0.1, 0.15) is 11.2 Å². The van der Waals surface area contributed by atoms with Gasteiger partial charge in [0.15, 0.2) is 0 Å². The molecule has 0 amide bonds. The van der Waals surface area contributed by atoms with Gasteiger partial charge in [-0.1, -0.05) is 176 Å². The molecule has 0 aliphatic carbocycles. The molecule has 3 heteroatoms. The second kappa shape index (κ2) is 14.5. The van der Waals surface area contributed by atoms with Crippen LogP contribution < -0.4 is 4.90 Å². The van der Waals surface area contributed by atoms with Crippen molar-refractivity contribution in [3.63, 3.8) is 0 Å². The van der Waals surface area contributed by atoms with Crippen LogP contribution in [0.1, 0.15) is 0 Å². The molecule has 12 rings (SSSR count). The van der Waals surface area contributed by atoms with E-state index >= 15 is 0 Å². The van der Waals surface area contributed by atoms with Crippen LogP contribution in [0.2, 0.25) is 0 Å². The Bertz CT molecular complexity index is 3570. The minimum atomic E-state index is 0.854. The molecular weight excluding hydrogens is 759 g/mol. The summed E-state index contributed by atoms with van der Waals surface area (Å²) in [5.41, 5.74) is 14.6. The highest BCUT2D eigenvalue weighted by molar-refractivity contribution is 7.26. The fraction of sp³-hybridized carbons (Fsp3) is 0. The number of hydrogen-bond donors (Lipinski definition) is 0. The van der Waals surface area contributed by atoms with E-state index in [1.54, 1.807) is 0 Å². The molecule has 0 bridgehead atoms. The highest BCUT2D eigenvalue weighted by atomic mass is 32.1. The molecule has 61 heavy (non-hydrogen) atoms. The number of thiophene rings is 1. The number of anilines is 3. The van der Waals surface area contributed by atoms with Gasteiger partial charge in [-0.05, 0) is 92.4 Å². The van der Waals surface area contributed by atoms with E-state index in [0.717, 1.165) is 44.6 Å². The molecule has 2 aromatic heterocycles. The first-order valence-corrected chi connectivity index (χ1v) is 21.6. The van der Waals surface area contributed by atoms with E-state index in [4.69, 9.17) is 4.42 Å². The topological polar surface area (TPSA) is 16.4 Å². The van der Waals surface area contributed by atoms with Gasteiger partial charge in [0, 0.05) is 48.1 Å². The monoisotopic (exact) mass is 795 g/mol. The summed E-state index contributed by atoms with van der Waals surface area (Å²) in [4.78, 5) is 2.47. The fourth-order valence-corrected chi connectivity index (χ4v) is 10.5. The summed E-state index contributed by atoms with van der Waals surface area (Å²) < 4.78 is 9.31. The van der Waals surface area contributed by atoms with Crippen LogP contribution in [-0.4, -0.2) is 0 Å². The molecule has 0 spiro atoms. The van der Waals surface area contributed by atoms with E-state index in [-0.39, 0.29) is 0 Å². The maximum atomic E-state index is 6.79. The van der Waals surface area contributed by atoms with Crippen molar-refractivity contribution in [1.82, 2.24) is 0 Å². The zero-order chi connectivity index (χ0) is 40.3. The lowest BCUT2D eigenvalue weighted by atomic mass is 9.95. The lowest BCUT2D eigenvalue weighted by Crippen LogP contribution is -2.11. The third kappa shape index (κ3) is 6.01. The van der Waals surface area contributed by atoms with Crippen molar-refractivity contribution >= 4 is 81.3 Å². The number of fused-ring (bicyclic) bond motifs is 7. The van der Waals surface area contributed by atoms with Gasteiger partial charge in [-0.15, -0.1) is 11.3 Å². The SMILES string of the molecule is c1ccc(-c2ccc3c(c2)oc2cc(N(c4ccc(-c5ccccc5)c5ccccc45)c4ccc(-c5ccccc5)c5sc6cc(-c7ccccc7)ccc6c45)ccc23)cc1. The summed E-state index contributed by atoms with van der Waals surface area (Å²) in [6.45, 7) is 0. The first-order chi connectivity index (χ1) is 30.2. The summed E-state index contributed by atoms with van der Waals surface area (Å²) in [6.07, 6.45) is 0. The Morgan fingerprint density at radius 2 is 0.836 bits per heavy atom. The van der Waals surface area contributed by atoms with Crippen LogP contribution in [0.4, 0.5) is 17.1 Å². The van der Waals surface area contributed by atoms with E-state index in [1.807, 2.05) is 11.3 Å². The van der Waals surface area contributed by atoms with E-state index < -0.39 is 0 Å². The molecule has 0 aliphatic rings. The van der Waals surface area contributed by atoms with Crippen LogP contribution in [-0.2, 0) is 0 Å². The number of rotatable bonds is 7. The van der Waals surface area contributed by atoms with Gasteiger partial charge in [-0.25, -0.2) is 0 Å². The second-order valence-corrected chi connectivity index (χ2v) is 16.7. The largest absolute Gasteiger partial charge is 0.456 e. The quantitative estimate of drug-likeness (QED) is 0.160. The average Bonchev–Trinajstić information content (AvgIpc) is 3.91. The molecule has 0 radical (unpaired) electrons. The van der Waals surface area contributed by atoms with E-state index in [9.17, 15) is 0 Å². The third-order valence-electron chi connectivity index (χ3n) is 12.1. The highest BCUT2D eigenvalue weighted by Crippen LogP contribution is 2.51. The van der Waals surface area contributed by atoms with Gasteiger partial charge < -0.3 is 9.32 Å². The Balaban J connectivity index is 1.13.